The number of hydrogen-bond acceptors (Lipinski definition) is 5. The summed E-state index contributed by atoms with van der Waals surface area (Å²) in [4.78, 5) is 17.1. The first-order valence-electron chi connectivity index (χ1n) is 10.2. The molecule has 2 fully saturated rings. The summed E-state index contributed by atoms with van der Waals surface area (Å²) in [6.45, 7) is 3.62. The van der Waals surface area contributed by atoms with Crippen LogP contribution in [0.5, 0.6) is 0 Å². The number of furan rings is 1. The predicted octanol–water partition coefficient (Wildman–Crippen LogP) is 1.92. The van der Waals surface area contributed by atoms with E-state index in [0.29, 0.717) is 26.1 Å². The van der Waals surface area contributed by atoms with Crippen molar-refractivity contribution < 1.29 is 17.6 Å². The standard InChI is InChI=1S/C19H32N4O4S/c1-28(25,26)21-10-9-16-7-2-3-13-23(16)19(24)20-15-17(18-8-6-14-27-18)22-11-4-5-12-22/h6,8,14,16-17,21H,2-5,7,9-13,15H2,1H3,(H,20,24)/t16-,17-/m1/s1. The molecule has 2 aliphatic rings. The van der Waals surface area contributed by atoms with E-state index in [0.717, 1.165) is 44.4 Å². The van der Waals surface area contributed by atoms with E-state index < -0.39 is 10.0 Å². The van der Waals surface area contributed by atoms with E-state index in [-0.39, 0.29) is 18.1 Å². The average molecular weight is 413 g/mol. The Bertz CT molecular complexity index is 716. The van der Waals surface area contributed by atoms with Gasteiger partial charge in [-0.15, -0.1) is 0 Å². The van der Waals surface area contributed by atoms with Crippen molar-refractivity contribution in [2.75, 3.05) is 39.0 Å². The SMILES string of the molecule is CS(=O)(=O)NCC[C@H]1CCCCN1C(=O)NC[C@H](c1ccco1)N1CCCC1. The Morgan fingerprint density at radius 3 is 2.68 bits per heavy atom. The number of urea groups is 1. The van der Waals surface area contributed by atoms with E-state index in [1.54, 1.807) is 6.26 Å². The van der Waals surface area contributed by atoms with Crippen molar-refractivity contribution in [1.82, 2.24) is 19.8 Å². The van der Waals surface area contributed by atoms with Gasteiger partial charge in [0.05, 0.1) is 18.6 Å². The van der Waals surface area contributed by atoms with Gasteiger partial charge in [0.1, 0.15) is 5.76 Å². The topological polar surface area (TPSA) is 94.9 Å². The second kappa shape index (κ2) is 9.76. The third kappa shape index (κ3) is 5.96. The molecule has 1 aromatic heterocycles. The van der Waals surface area contributed by atoms with Gasteiger partial charge in [-0.3, -0.25) is 4.90 Å². The van der Waals surface area contributed by atoms with Crippen molar-refractivity contribution >= 4 is 16.1 Å². The van der Waals surface area contributed by atoms with Crippen LogP contribution in [0.1, 0.15) is 50.3 Å². The summed E-state index contributed by atoms with van der Waals surface area (Å²) in [6.07, 6.45) is 8.77. The smallest absolute Gasteiger partial charge is 0.317 e. The van der Waals surface area contributed by atoms with Crippen LogP contribution in [-0.2, 0) is 10.0 Å². The Hall–Kier alpha value is -1.58. The number of carbonyl (C=O) groups excluding carboxylic acids is 1. The normalized spacial score (nSPS) is 22.3. The van der Waals surface area contributed by atoms with Gasteiger partial charge >= 0.3 is 6.03 Å². The molecule has 3 rings (SSSR count). The Labute approximate surface area is 167 Å². The number of nitrogens with zero attached hydrogens (tertiary/aromatic N) is 2. The number of piperidine rings is 1. The quantitative estimate of drug-likeness (QED) is 0.680. The lowest BCUT2D eigenvalue weighted by Gasteiger charge is -2.36. The van der Waals surface area contributed by atoms with Gasteiger partial charge in [-0.2, -0.15) is 0 Å². The molecule has 0 unspecified atom stereocenters. The number of hydrogen-bond donors (Lipinski definition) is 2. The van der Waals surface area contributed by atoms with Gasteiger partial charge in [0.2, 0.25) is 10.0 Å². The molecule has 2 saturated heterocycles. The second-order valence-electron chi connectivity index (χ2n) is 7.76. The van der Waals surface area contributed by atoms with Crippen molar-refractivity contribution in [3.8, 4) is 0 Å². The molecule has 3 heterocycles. The lowest BCUT2D eigenvalue weighted by molar-refractivity contribution is 0.141. The molecule has 2 N–H and O–H groups in total. The van der Waals surface area contributed by atoms with Gasteiger partial charge in [0.15, 0.2) is 0 Å². The predicted molar refractivity (Wildman–Crippen MR) is 107 cm³/mol. The van der Waals surface area contributed by atoms with Crippen LogP contribution in [-0.4, -0.2) is 69.3 Å². The number of carbonyl (C=O) groups is 1. The summed E-state index contributed by atoms with van der Waals surface area (Å²) in [6, 6.07) is 3.90. The first-order valence-corrected chi connectivity index (χ1v) is 12.1. The van der Waals surface area contributed by atoms with Gasteiger partial charge in [-0.1, -0.05) is 0 Å². The Morgan fingerprint density at radius 2 is 2.00 bits per heavy atom. The molecule has 8 nitrogen and oxygen atoms in total. The van der Waals surface area contributed by atoms with Crippen molar-refractivity contribution in [3.05, 3.63) is 24.2 Å². The van der Waals surface area contributed by atoms with Crippen molar-refractivity contribution in [2.24, 2.45) is 0 Å². The lowest BCUT2D eigenvalue weighted by Crippen LogP contribution is -2.51. The van der Waals surface area contributed by atoms with Crippen molar-refractivity contribution in [2.45, 2.75) is 50.6 Å². The molecule has 1 aromatic rings. The molecular weight excluding hydrogens is 380 g/mol. The van der Waals surface area contributed by atoms with Gasteiger partial charge in [-0.05, 0) is 63.7 Å². The molecule has 2 aliphatic heterocycles. The lowest BCUT2D eigenvalue weighted by atomic mass is 10.00. The van der Waals surface area contributed by atoms with E-state index in [9.17, 15) is 13.2 Å². The van der Waals surface area contributed by atoms with Gasteiger partial charge in [0, 0.05) is 25.7 Å². The third-order valence-electron chi connectivity index (χ3n) is 5.63. The fraction of sp³-hybridized carbons (Fsp3) is 0.737. The first-order chi connectivity index (χ1) is 13.4. The third-order valence-corrected chi connectivity index (χ3v) is 6.36. The minimum absolute atomic E-state index is 0.0524. The van der Waals surface area contributed by atoms with Gasteiger partial charge < -0.3 is 14.6 Å². The molecular formula is C19H32N4O4S. The average Bonchev–Trinajstić information content (AvgIpc) is 3.35. The number of amides is 2. The number of nitrogens with one attached hydrogen (secondary N) is 2. The van der Waals surface area contributed by atoms with Crippen LogP contribution in [0.25, 0.3) is 0 Å². The monoisotopic (exact) mass is 412 g/mol. The molecule has 0 spiro atoms. The van der Waals surface area contributed by atoms with Crippen LogP contribution < -0.4 is 10.0 Å². The van der Waals surface area contributed by atoms with Crippen LogP contribution in [0, 0.1) is 0 Å². The zero-order valence-corrected chi connectivity index (χ0v) is 17.4. The van der Waals surface area contributed by atoms with Gasteiger partial charge in [-0.25, -0.2) is 17.9 Å². The van der Waals surface area contributed by atoms with Crippen LogP contribution >= 0.6 is 0 Å². The van der Waals surface area contributed by atoms with Gasteiger partial charge in [0.25, 0.3) is 0 Å². The molecule has 0 aliphatic carbocycles. The summed E-state index contributed by atoms with van der Waals surface area (Å²) in [5.74, 6) is 0.884. The Balaban J connectivity index is 1.56. The van der Waals surface area contributed by atoms with Crippen LogP contribution in [0.4, 0.5) is 4.79 Å². The summed E-state index contributed by atoms with van der Waals surface area (Å²) < 4.78 is 30.7. The number of likely N-dealkylation sites (tertiary alicyclic amines) is 2. The maximum atomic E-state index is 12.9. The Kier molecular flexibility index (Phi) is 7.36. The number of rotatable bonds is 8. The number of sulfonamides is 1. The maximum Gasteiger partial charge on any atom is 0.317 e. The first kappa shape index (κ1) is 21.1. The highest BCUT2D eigenvalue weighted by atomic mass is 32.2. The largest absolute Gasteiger partial charge is 0.468 e. The highest BCUT2D eigenvalue weighted by Crippen LogP contribution is 2.25. The van der Waals surface area contributed by atoms with Crippen LogP contribution in [0.15, 0.2) is 22.8 Å². The zero-order valence-electron chi connectivity index (χ0n) is 16.6. The summed E-state index contributed by atoms with van der Waals surface area (Å²) in [7, 11) is -3.20. The second-order valence-corrected chi connectivity index (χ2v) is 9.59. The molecule has 0 radical (unpaired) electrons. The van der Waals surface area contributed by atoms with E-state index in [2.05, 4.69) is 14.9 Å². The Morgan fingerprint density at radius 1 is 1.25 bits per heavy atom. The molecule has 2 amide bonds. The van der Waals surface area contributed by atoms with E-state index in [1.807, 2.05) is 17.0 Å². The van der Waals surface area contributed by atoms with Crippen LogP contribution in [0.3, 0.4) is 0 Å². The van der Waals surface area contributed by atoms with Crippen LogP contribution in [0.2, 0.25) is 0 Å². The fourth-order valence-corrected chi connectivity index (χ4v) is 4.70. The van der Waals surface area contributed by atoms with Crippen molar-refractivity contribution in [1.29, 1.82) is 0 Å². The molecule has 28 heavy (non-hydrogen) atoms. The van der Waals surface area contributed by atoms with E-state index >= 15 is 0 Å². The maximum absolute atomic E-state index is 12.9. The minimum atomic E-state index is -3.20. The molecule has 2 atom stereocenters. The molecule has 0 bridgehead atoms. The summed E-state index contributed by atoms with van der Waals surface area (Å²) >= 11 is 0. The highest BCUT2D eigenvalue weighted by Gasteiger charge is 2.29. The molecule has 0 saturated carbocycles. The minimum Gasteiger partial charge on any atom is -0.468 e. The molecule has 9 heteroatoms. The molecule has 158 valence electrons. The van der Waals surface area contributed by atoms with E-state index in [4.69, 9.17) is 4.42 Å². The molecule has 0 aromatic carbocycles. The van der Waals surface area contributed by atoms with Crippen molar-refractivity contribution in [3.63, 3.8) is 0 Å². The summed E-state index contributed by atoms with van der Waals surface area (Å²) in [5.41, 5.74) is 0. The summed E-state index contributed by atoms with van der Waals surface area (Å²) in [5, 5.41) is 3.10. The highest BCUT2D eigenvalue weighted by molar-refractivity contribution is 7.88. The fourth-order valence-electron chi connectivity index (χ4n) is 4.21. The van der Waals surface area contributed by atoms with E-state index in [1.165, 1.54) is 12.8 Å². The zero-order chi connectivity index (χ0) is 20.0.